The molecule has 0 heterocycles. The number of methoxy groups -OCH3 is 1. The summed E-state index contributed by atoms with van der Waals surface area (Å²) < 4.78 is 11.4. The van der Waals surface area contributed by atoms with E-state index in [0.717, 1.165) is 11.1 Å². The lowest BCUT2D eigenvalue weighted by Gasteiger charge is -2.12. The molecule has 0 atom stereocenters. The van der Waals surface area contributed by atoms with Gasteiger partial charge in [0.1, 0.15) is 18.2 Å². The van der Waals surface area contributed by atoms with E-state index in [2.05, 4.69) is 31.3 Å². The number of aryl methyl sites for hydroxylation is 3. The minimum atomic E-state index is -0.467. The fourth-order valence-corrected chi connectivity index (χ4v) is 3.10. The summed E-state index contributed by atoms with van der Waals surface area (Å²) in [6.07, 6.45) is 1.53. The Morgan fingerprint density at radius 2 is 1.72 bits per heavy atom. The van der Waals surface area contributed by atoms with Crippen LogP contribution in [-0.2, 0) is 11.4 Å². The van der Waals surface area contributed by atoms with Crippen LogP contribution in [0, 0.1) is 32.1 Å². The van der Waals surface area contributed by atoms with Crippen LogP contribution in [-0.4, -0.2) is 13.0 Å². The minimum absolute atomic E-state index is 0.00331. The van der Waals surface area contributed by atoms with Crippen molar-refractivity contribution in [1.82, 2.24) is 0 Å². The molecule has 1 N–H and O–H groups in total. The number of anilines is 1. The Morgan fingerprint density at radius 3 is 2.38 bits per heavy atom. The number of nitrogens with one attached hydrogen (secondary N) is 1. The van der Waals surface area contributed by atoms with Gasteiger partial charge in [0.15, 0.2) is 11.5 Å². The molecule has 0 aromatic heterocycles. The minimum Gasteiger partial charge on any atom is -0.493 e. The lowest BCUT2D eigenvalue weighted by Crippen LogP contribution is -2.13. The van der Waals surface area contributed by atoms with Crippen LogP contribution in [0.15, 0.2) is 66.2 Å². The van der Waals surface area contributed by atoms with Gasteiger partial charge in [0.05, 0.1) is 7.11 Å². The average Bonchev–Trinajstić information content (AvgIpc) is 2.80. The normalized spacial score (nSPS) is 10.9. The van der Waals surface area contributed by atoms with E-state index in [0.29, 0.717) is 29.4 Å². The molecule has 32 heavy (non-hydrogen) atoms. The topological polar surface area (TPSA) is 71.3 Å². The molecule has 0 radical (unpaired) electrons. The van der Waals surface area contributed by atoms with Crippen LogP contribution in [0.1, 0.15) is 27.8 Å². The first-order valence-electron chi connectivity index (χ1n) is 10.3. The van der Waals surface area contributed by atoms with Gasteiger partial charge in [-0.15, -0.1) is 0 Å². The highest BCUT2D eigenvalue weighted by Gasteiger charge is 2.11. The molecule has 162 valence electrons. The first kappa shape index (κ1) is 22.6. The van der Waals surface area contributed by atoms with E-state index in [4.69, 9.17) is 9.47 Å². The third-order valence-electron chi connectivity index (χ3n) is 5.14. The van der Waals surface area contributed by atoms with Crippen LogP contribution < -0.4 is 14.8 Å². The van der Waals surface area contributed by atoms with Crippen molar-refractivity contribution in [3.63, 3.8) is 0 Å². The molecule has 0 spiro atoms. The van der Waals surface area contributed by atoms with E-state index in [1.54, 1.807) is 37.4 Å². The third-order valence-corrected chi connectivity index (χ3v) is 5.14. The summed E-state index contributed by atoms with van der Waals surface area (Å²) in [5, 5.41) is 12.2. The zero-order valence-electron chi connectivity index (χ0n) is 18.7. The molecule has 3 aromatic carbocycles. The molecule has 5 heteroatoms. The lowest BCUT2D eigenvalue weighted by molar-refractivity contribution is -0.112. The Balaban J connectivity index is 1.74. The first-order valence-corrected chi connectivity index (χ1v) is 10.3. The van der Waals surface area contributed by atoms with Crippen molar-refractivity contribution >= 4 is 17.7 Å². The van der Waals surface area contributed by atoms with Gasteiger partial charge in [-0.05, 0) is 73.4 Å². The Labute approximate surface area is 188 Å². The van der Waals surface area contributed by atoms with Crippen LogP contribution in [0.4, 0.5) is 5.69 Å². The largest absolute Gasteiger partial charge is 0.493 e. The maximum atomic E-state index is 12.5. The second-order valence-corrected chi connectivity index (χ2v) is 7.61. The Bertz CT molecular complexity index is 1190. The summed E-state index contributed by atoms with van der Waals surface area (Å²) in [6.45, 7) is 6.53. The van der Waals surface area contributed by atoms with E-state index in [1.165, 1.54) is 17.2 Å². The number of benzene rings is 3. The highest BCUT2D eigenvalue weighted by atomic mass is 16.5. The van der Waals surface area contributed by atoms with Gasteiger partial charge >= 0.3 is 0 Å². The zero-order chi connectivity index (χ0) is 23.1. The number of nitriles is 1. The summed E-state index contributed by atoms with van der Waals surface area (Å²) >= 11 is 0. The Morgan fingerprint density at radius 1 is 0.969 bits per heavy atom. The maximum absolute atomic E-state index is 12.5. The van der Waals surface area contributed by atoms with Crippen LogP contribution in [0.5, 0.6) is 11.5 Å². The molecule has 3 aromatic rings. The average molecular weight is 427 g/mol. The van der Waals surface area contributed by atoms with Crippen LogP contribution in [0.2, 0.25) is 0 Å². The highest BCUT2D eigenvalue weighted by molar-refractivity contribution is 6.09. The molecule has 0 aliphatic carbocycles. The predicted octanol–water partition coefficient (Wildman–Crippen LogP) is 5.75. The fourth-order valence-electron chi connectivity index (χ4n) is 3.10. The molecular formula is C27H26N2O3. The molecule has 0 saturated heterocycles. The summed E-state index contributed by atoms with van der Waals surface area (Å²) in [6, 6.07) is 20.9. The highest BCUT2D eigenvalue weighted by Crippen LogP contribution is 2.30. The predicted molar refractivity (Wildman–Crippen MR) is 127 cm³/mol. The van der Waals surface area contributed by atoms with Gasteiger partial charge in [-0.2, -0.15) is 5.26 Å². The SMILES string of the molecule is COc1cc(/C=C(\C#N)C(=O)Nc2ccc(C)cc2)ccc1OCc1ccc(C)c(C)c1. The van der Waals surface area contributed by atoms with Crippen LogP contribution in [0.3, 0.4) is 0 Å². The molecule has 1 amide bonds. The van der Waals surface area contributed by atoms with Gasteiger partial charge in [-0.25, -0.2) is 0 Å². The number of hydrogen-bond acceptors (Lipinski definition) is 4. The third kappa shape index (κ3) is 5.77. The van der Waals surface area contributed by atoms with Gasteiger partial charge < -0.3 is 14.8 Å². The van der Waals surface area contributed by atoms with E-state index in [-0.39, 0.29) is 5.57 Å². The van der Waals surface area contributed by atoms with E-state index in [9.17, 15) is 10.1 Å². The number of nitrogens with zero attached hydrogens (tertiary/aromatic N) is 1. The number of rotatable bonds is 7. The maximum Gasteiger partial charge on any atom is 0.266 e. The van der Waals surface area contributed by atoms with Crippen molar-refractivity contribution in [2.24, 2.45) is 0 Å². The second-order valence-electron chi connectivity index (χ2n) is 7.61. The monoisotopic (exact) mass is 426 g/mol. The molecule has 0 aliphatic rings. The summed E-state index contributed by atoms with van der Waals surface area (Å²) in [5.41, 5.74) is 5.90. The van der Waals surface area contributed by atoms with Gasteiger partial charge in [-0.3, -0.25) is 4.79 Å². The standard InChI is InChI=1S/C27H26N2O3/c1-18-5-10-24(11-6-18)29-27(30)23(16-28)14-21-9-12-25(26(15-21)31-4)32-17-22-8-7-19(2)20(3)13-22/h5-15H,17H2,1-4H3,(H,29,30)/b23-14+. The van der Waals surface area contributed by atoms with E-state index >= 15 is 0 Å². The van der Waals surface area contributed by atoms with Crippen LogP contribution in [0.25, 0.3) is 6.08 Å². The van der Waals surface area contributed by atoms with Crippen molar-refractivity contribution in [2.45, 2.75) is 27.4 Å². The number of ether oxygens (including phenoxy) is 2. The number of hydrogen-bond donors (Lipinski definition) is 1. The molecule has 0 bridgehead atoms. The van der Waals surface area contributed by atoms with Crippen molar-refractivity contribution in [2.75, 3.05) is 12.4 Å². The fraction of sp³-hybridized carbons (Fsp3) is 0.185. The van der Waals surface area contributed by atoms with Crippen LogP contribution >= 0.6 is 0 Å². The van der Waals surface area contributed by atoms with E-state index < -0.39 is 5.91 Å². The molecule has 0 aliphatic heterocycles. The molecule has 3 rings (SSSR count). The zero-order valence-corrected chi connectivity index (χ0v) is 18.7. The summed E-state index contributed by atoms with van der Waals surface area (Å²) in [5.74, 6) is 0.648. The molecular weight excluding hydrogens is 400 g/mol. The van der Waals surface area contributed by atoms with E-state index in [1.807, 2.05) is 31.2 Å². The molecule has 0 fully saturated rings. The first-order chi connectivity index (χ1) is 15.4. The number of carbonyl (C=O) groups is 1. The smallest absolute Gasteiger partial charge is 0.266 e. The van der Waals surface area contributed by atoms with Gasteiger partial charge in [0.2, 0.25) is 0 Å². The van der Waals surface area contributed by atoms with Crippen molar-refractivity contribution in [1.29, 1.82) is 5.26 Å². The summed E-state index contributed by atoms with van der Waals surface area (Å²) in [7, 11) is 1.56. The second kappa shape index (κ2) is 10.3. The Hall–Kier alpha value is -4.04. The van der Waals surface area contributed by atoms with Crippen molar-refractivity contribution in [3.8, 4) is 17.6 Å². The molecule has 5 nitrogen and oxygen atoms in total. The van der Waals surface area contributed by atoms with Gasteiger partial charge in [-0.1, -0.05) is 42.0 Å². The summed E-state index contributed by atoms with van der Waals surface area (Å²) in [4.78, 5) is 12.5. The quantitative estimate of drug-likeness (QED) is 0.386. The number of amides is 1. The van der Waals surface area contributed by atoms with Crippen molar-refractivity contribution in [3.05, 3.63) is 94.1 Å². The van der Waals surface area contributed by atoms with Gasteiger partial charge in [0, 0.05) is 5.69 Å². The number of carbonyl (C=O) groups excluding carboxylic acids is 1. The Kier molecular flexibility index (Phi) is 7.30. The molecule has 0 unspecified atom stereocenters. The molecule has 0 saturated carbocycles. The lowest BCUT2D eigenvalue weighted by atomic mass is 10.1. The van der Waals surface area contributed by atoms with Crippen molar-refractivity contribution < 1.29 is 14.3 Å². The van der Waals surface area contributed by atoms with Gasteiger partial charge in [0.25, 0.3) is 5.91 Å².